The number of hydrogen-bond donors (Lipinski definition) is 4. The smallest absolute Gasteiger partial charge is 0.418 e. The van der Waals surface area contributed by atoms with Gasteiger partial charge in [-0.1, -0.05) is 36.1 Å². The minimum Gasteiger partial charge on any atom is -0.492 e. The quantitative estimate of drug-likeness (QED) is 0.139. The van der Waals surface area contributed by atoms with Crippen molar-refractivity contribution in [3.63, 3.8) is 0 Å². The highest BCUT2D eigenvalue weighted by Crippen LogP contribution is 2.41. The van der Waals surface area contributed by atoms with Crippen molar-refractivity contribution >= 4 is 61.1 Å². The number of H-pyrrole nitrogens is 1. The third kappa shape index (κ3) is 6.80. The van der Waals surface area contributed by atoms with Gasteiger partial charge < -0.3 is 15.2 Å². The van der Waals surface area contributed by atoms with E-state index in [1.807, 2.05) is 0 Å². The second-order valence-corrected chi connectivity index (χ2v) is 9.89. The molecule has 0 unspecified atom stereocenters. The molecule has 0 saturated carbocycles. The molecule has 0 radical (unpaired) electrons. The lowest BCUT2D eigenvalue weighted by atomic mass is 10.0. The van der Waals surface area contributed by atoms with E-state index >= 15 is 0 Å². The van der Waals surface area contributed by atoms with Crippen LogP contribution in [-0.4, -0.2) is 44.3 Å². The first-order valence-electron chi connectivity index (χ1n) is 10.7. The molecule has 1 amide bonds. The molecule has 0 saturated heterocycles. The van der Waals surface area contributed by atoms with Crippen molar-refractivity contribution in [2.75, 3.05) is 11.9 Å². The molecule has 0 atom stereocenters. The lowest BCUT2D eigenvalue weighted by Gasteiger charge is -2.26. The van der Waals surface area contributed by atoms with Crippen LogP contribution in [0.25, 0.3) is 21.1 Å². The fourth-order valence-electron chi connectivity index (χ4n) is 3.26. The summed E-state index contributed by atoms with van der Waals surface area (Å²) < 4.78 is 46.5. The Hall–Kier alpha value is -3.58. The number of carboxylic acid groups (broad SMARTS) is 1. The summed E-state index contributed by atoms with van der Waals surface area (Å²) in [5.74, 6) is -1.42. The van der Waals surface area contributed by atoms with Crippen LogP contribution in [0.3, 0.4) is 0 Å². The Morgan fingerprint density at radius 1 is 1.32 bits per heavy atom. The van der Waals surface area contributed by atoms with Gasteiger partial charge in [0, 0.05) is 23.6 Å². The van der Waals surface area contributed by atoms with Crippen molar-refractivity contribution in [1.82, 2.24) is 20.5 Å². The van der Waals surface area contributed by atoms with Gasteiger partial charge in [-0.25, -0.2) is 4.98 Å². The number of ether oxygens (including phenoxy) is 1. The third-order valence-corrected chi connectivity index (χ3v) is 6.21. The number of aliphatic carboxylic acids is 1. The number of anilines is 1. The largest absolute Gasteiger partial charge is 0.492 e. The molecule has 4 N–H and O–H groups in total. The fraction of sp³-hybridized carbons (Fsp3) is 0.304. The summed E-state index contributed by atoms with van der Waals surface area (Å²) >= 11 is 6.84. The Balaban J connectivity index is 1.76. The maximum atomic E-state index is 13.6. The van der Waals surface area contributed by atoms with E-state index in [1.54, 1.807) is 0 Å². The van der Waals surface area contributed by atoms with Gasteiger partial charge in [0.2, 0.25) is 0 Å². The van der Waals surface area contributed by atoms with Crippen LogP contribution in [0.2, 0.25) is 0 Å². The molecule has 9 nitrogen and oxygen atoms in total. The Kier molecular flexibility index (Phi) is 8.18. The zero-order chi connectivity index (χ0) is 27.5. The first-order valence-corrected chi connectivity index (χ1v) is 11.9. The predicted octanol–water partition coefficient (Wildman–Crippen LogP) is 5.53. The first-order chi connectivity index (χ1) is 17.2. The van der Waals surface area contributed by atoms with Gasteiger partial charge in [0.05, 0.1) is 39.1 Å². The highest BCUT2D eigenvalue weighted by molar-refractivity contribution is 7.23. The number of carbonyl (C=O) groups excluding carboxylic acids is 1. The number of aromatic nitrogens is 3. The summed E-state index contributed by atoms with van der Waals surface area (Å²) in [5.41, 5.74) is -2.09. The number of aromatic amines is 1. The number of benzene rings is 1. The molecule has 2 aromatic heterocycles. The molecule has 0 bridgehead atoms. The average Bonchev–Trinajstić information content (AvgIpc) is 3.40. The number of nitrogens with one attached hydrogen (secondary N) is 3. The molecular formula is C23H23ClF3N5O4S. The SMILES string of the molecule is C=C(/C=C(/OCCCC(=O)O)C(=C)Cl)NC(C)(C)C(=O)Nc1nc2c(C(F)(F)F)cc3[nH]ncc3c2s1. The standard InChI is InChI=1S/C23H23ClF3N5O4S/c1-11(8-16(12(2)24)36-7-5-6-17(33)34)31-22(3,4)20(35)30-21-29-18-14(23(25,26)27)9-15-13(10-28-32-15)19(18)37-21/h8-10,31H,1-2,5-7H2,3-4H3,(H,28,32)(H,33,34)(H,29,30,35)/b16-8+. The van der Waals surface area contributed by atoms with Crippen LogP contribution in [-0.2, 0) is 20.5 Å². The van der Waals surface area contributed by atoms with E-state index in [4.69, 9.17) is 21.4 Å². The summed E-state index contributed by atoms with van der Waals surface area (Å²) in [4.78, 5) is 27.7. The Morgan fingerprint density at radius 3 is 2.65 bits per heavy atom. The summed E-state index contributed by atoms with van der Waals surface area (Å²) in [6.07, 6.45) is -1.70. The van der Waals surface area contributed by atoms with Crippen molar-refractivity contribution in [1.29, 1.82) is 0 Å². The number of alkyl halides is 3. The van der Waals surface area contributed by atoms with Crippen LogP contribution in [0.4, 0.5) is 18.3 Å². The van der Waals surface area contributed by atoms with E-state index < -0.39 is 29.2 Å². The Bertz CT molecular complexity index is 1410. The number of carboxylic acids is 1. The van der Waals surface area contributed by atoms with E-state index in [0.717, 1.165) is 17.4 Å². The number of rotatable bonds is 11. The van der Waals surface area contributed by atoms with Gasteiger partial charge in [-0.2, -0.15) is 18.3 Å². The molecule has 3 aromatic rings. The first kappa shape index (κ1) is 28.0. The van der Waals surface area contributed by atoms with E-state index in [0.29, 0.717) is 5.39 Å². The van der Waals surface area contributed by atoms with Crippen molar-refractivity contribution in [3.05, 3.63) is 53.5 Å². The molecule has 0 spiro atoms. The number of fused-ring (bicyclic) bond motifs is 3. The lowest BCUT2D eigenvalue weighted by molar-refractivity contribution is -0.137. The van der Waals surface area contributed by atoms with Crippen LogP contribution >= 0.6 is 22.9 Å². The van der Waals surface area contributed by atoms with E-state index in [1.165, 1.54) is 26.1 Å². The van der Waals surface area contributed by atoms with Crippen molar-refractivity contribution in [2.45, 2.75) is 38.4 Å². The topological polar surface area (TPSA) is 129 Å². The lowest BCUT2D eigenvalue weighted by Crippen LogP contribution is -2.49. The summed E-state index contributed by atoms with van der Waals surface area (Å²) in [7, 11) is 0. The number of allylic oxidation sites excluding steroid dienone is 2. The molecule has 0 fully saturated rings. The van der Waals surface area contributed by atoms with E-state index in [-0.39, 0.29) is 56.8 Å². The minimum atomic E-state index is -4.66. The van der Waals surface area contributed by atoms with Crippen molar-refractivity contribution < 1.29 is 32.6 Å². The number of halogens is 4. The highest BCUT2D eigenvalue weighted by atomic mass is 35.5. The second kappa shape index (κ2) is 10.8. The number of hydrogen-bond acceptors (Lipinski definition) is 7. The summed E-state index contributed by atoms with van der Waals surface area (Å²) in [6, 6.07) is 0.934. The predicted molar refractivity (Wildman–Crippen MR) is 135 cm³/mol. The molecule has 198 valence electrons. The van der Waals surface area contributed by atoms with Crippen LogP contribution in [0, 0.1) is 0 Å². The maximum absolute atomic E-state index is 13.6. The maximum Gasteiger partial charge on any atom is 0.418 e. The highest BCUT2D eigenvalue weighted by Gasteiger charge is 2.36. The van der Waals surface area contributed by atoms with Gasteiger partial charge in [-0.3, -0.25) is 20.0 Å². The van der Waals surface area contributed by atoms with Gasteiger partial charge in [0.1, 0.15) is 11.3 Å². The van der Waals surface area contributed by atoms with Gasteiger partial charge >= 0.3 is 12.1 Å². The van der Waals surface area contributed by atoms with Crippen LogP contribution in [0.5, 0.6) is 0 Å². The molecule has 0 aliphatic carbocycles. The minimum absolute atomic E-state index is 0.0215. The van der Waals surface area contributed by atoms with E-state index in [9.17, 15) is 22.8 Å². The van der Waals surface area contributed by atoms with Gasteiger partial charge in [-0.05, 0) is 26.3 Å². The normalized spacial score (nSPS) is 12.5. The van der Waals surface area contributed by atoms with Crippen LogP contribution in [0.15, 0.2) is 48.0 Å². The second-order valence-electron chi connectivity index (χ2n) is 8.44. The zero-order valence-corrected chi connectivity index (χ0v) is 21.3. The van der Waals surface area contributed by atoms with Crippen LogP contribution < -0.4 is 10.6 Å². The average molecular weight is 558 g/mol. The Labute approximate surface area is 218 Å². The monoisotopic (exact) mass is 557 g/mol. The molecule has 3 rings (SSSR count). The fourth-order valence-corrected chi connectivity index (χ4v) is 4.37. The third-order valence-electron chi connectivity index (χ3n) is 5.02. The van der Waals surface area contributed by atoms with Gasteiger partial charge in [-0.15, -0.1) is 0 Å². The molecule has 14 heteroatoms. The van der Waals surface area contributed by atoms with Crippen molar-refractivity contribution in [3.8, 4) is 0 Å². The summed E-state index contributed by atoms with van der Waals surface area (Å²) in [5, 5.41) is 21.0. The summed E-state index contributed by atoms with van der Waals surface area (Å²) in [6.45, 7) is 10.5. The number of amides is 1. The molecule has 1 aromatic carbocycles. The number of nitrogens with zero attached hydrogens (tertiary/aromatic N) is 2. The zero-order valence-electron chi connectivity index (χ0n) is 19.8. The number of thiazole rings is 1. The molecule has 2 heterocycles. The Morgan fingerprint density at radius 2 is 2.03 bits per heavy atom. The number of carbonyl (C=O) groups is 2. The van der Waals surface area contributed by atoms with Gasteiger partial charge in [0.25, 0.3) is 5.91 Å². The molecule has 0 aliphatic rings. The van der Waals surface area contributed by atoms with E-state index in [2.05, 4.69) is 39.0 Å². The van der Waals surface area contributed by atoms with Gasteiger partial charge in [0.15, 0.2) is 5.13 Å². The van der Waals surface area contributed by atoms with Crippen LogP contribution in [0.1, 0.15) is 32.3 Å². The van der Waals surface area contributed by atoms with Crippen molar-refractivity contribution in [2.24, 2.45) is 0 Å². The molecular weight excluding hydrogens is 535 g/mol. The molecule has 0 aliphatic heterocycles. The molecule has 37 heavy (non-hydrogen) atoms.